The molecule has 1 amide bonds. The van der Waals surface area contributed by atoms with Crippen LogP contribution in [0.2, 0.25) is 0 Å². The van der Waals surface area contributed by atoms with E-state index in [-0.39, 0.29) is 11.9 Å². The first-order valence-electron chi connectivity index (χ1n) is 6.70. The second-order valence-electron chi connectivity index (χ2n) is 5.14. The molecule has 0 saturated carbocycles. The Morgan fingerprint density at radius 1 is 1.35 bits per heavy atom. The highest BCUT2D eigenvalue weighted by atomic mass is 32.1. The zero-order chi connectivity index (χ0) is 13.5. The van der Waals surface area contributed by atoms with Gasteiger partial charge in [0.1, 0.15) is 11.8 Å². The van der Waals surface area contributed by atoms with Crippen LogP contribution in [0, 0.1) is 0 Å². The fourth-order valence-corrected chi connectivity index (χ4v) is 3.97. The summed E-state index contributed by atoms with van der Waals surface area (Å²) in [7, 11) is 0. The van der Waals surface area contributed by atoms with Gasteiger partial charge in [0.15, 0.2) is 0 Å². The summed E-state index contributed by atoms with van der Waals surface area (Å²) in [6.45, 7) is 1.74. The molecule has 2 aliphatic rings. The van der Waals surface area contributed by atoms with E-state index in [9.17, 15) is 4.79 Å². The lowest BCUT2D eigenvalue weighted by Crippen LogP contribution is -2.39. The van der Waals surface area contributed by atoms with Crippen molar-refractivity contribution in [3.8, 4) is 0 Å². The van der Waals surface area contributed by atoms with Gasteiger partial charge in [0.05, 0.1) is 23.9 Å². The van der Waals surface area contributed by atoms with Gasteiger partial charge in [-0.1, -0.05) is 11.3 Å². The quantitative estimate of drug-likeness (QED) is 0.841. The standard InChI is InChI=1S/C13H14N4O2S/c18-12(9-3-6-19-7-9)16-4-1-11-10(16)2-5-17(11)13-15-14-8-20-13/h3,6-8,10-11H,1-2,4-5H2/t10-,11-/m0/s1. The summed E-state index contributed by atoms with van der Waals surface area (Å²) < 4.78 is 5.01. The molecule has 2 fully saturated rings. The SMILES string of the molecule is O=C(c1ccoc1)N1CC[C@H]2[C@@H]1CCN2c1nncs1. The van der Waals surface area contributed by atoms with E-state index in [0.717, 1.165) is 31.1 Å². The van der Waals surface area contributed by atoms with Crippen molar-refractivity contribution in [1.82, 2.24) is 15.1 Å². The number of furan rings is 1. The molecule has 0 aliphatic carbocycles. The zero-order valence-electron chi connectivity index (χ0n) is 10.8. The van der Waals surface area contributed by atoms with Crippen molar-refractivity contribution in [2.45, 2.75) is 24.9 Å². The third-order valence-electron chi connectivity index (χ3n) is 4.20. The Morgan fingerprint density at radius 2 is 2.25 bits per heavy atom. The smallest absolute Gasteiger partial charge is 0.257 e. The molecule has 4 heterocycles. The number of carbonyl (C=O) groups excluding carboxylic acids is 1. The molecule has 0 bridgehead atoms. The maximum Gasteiger partial charge on any atom is 0.257 e. The lowest BCUT2D eigenvalue weighted by molar-refractivity contribution is 0.0737. The first kappa shape index (κ1) is 11.9. The molecule has 2 aromatic heterocycles. The summed E-state index contributed by atoms with van der Waals surface area (Å²) in [5.74, 6) is 0.0744. The van der Waals surface area contributed by atoms with Crippen molar-refractivity contribution >= 4 is 22.4 Å². The minimum atomic E-state index is 0.0744. The van der Waals surface area contributed by atoms with Crippen molar-refractivity contribution in [3.05, 3.63) is 29.7 Å². The molecular formula is C13H14N4O2S. The number of fused-ring (bicyclic) bond motifs is 1. The molecule has 6 nitrogen and oxygen atoms in total. The van der Waals surface area contributed by atoms with Crippen LogP contribution >= 0.6 is 11.3 Å². The average Bonchev–Trinajstić information content (AvgIpc) is 3.21. The van der Waals surface area contributed by atoms with Crippen molar-refractivity contribution in [2.75, 3.05) is 18.0 Å². The van der Waals surface area contributed by atoms with Gasteiger partial charge in [-0.05, 0) is 18.9 Å². The van der Waals surface area contributed by atoms with Crippen LogP contribution in [-0.4, -0.2) is 46.2 Å². The second-order valence-corrected chi connectivity index (χ2v) is 5.95. The normalized spacial score (nSPS) is 25.2. The van der Waals surface area contributed by atoms with E-state index in [1.807, 2.05) is 4.90 Å². The van der Waals surface area contributed by atoms with Crippen molar-refractivity contribution < 1.29 is 9.21 Å². The maximum absolute atomic E-state index is 12.5. The number of amides is 1. The van der Waals surface area contributed by atoms with Crippen LogP contribution in [0.1, 0.15) is 23.2 Å². The Kier molecular flexibility index (Phi) is 2.73. The monoisotopic (exact) mass is 290 g/mol. The average molecular weight is 290 g/mol. The number of rotatable bonds is 2. The minimum Gasteiger partial charge on any atom is -0.472 e. The molecule has 2 saturated heterocycles. The third-order valence-corrected chi connectivity index (χ3v) is 4.93. The Balaban J connectivity index is 1.55. The Morgan fingerprint density at radius 3 is 3.00 bits per heavy atom. The first-order chi connectivity index (χ1) is 9.84. The van der Waals surface area contributed by atoms with E-state index in [1.165, 1.54) is 6.26 Å². The van der Waals surface area contributed by atoms with Gasteiger partial charge in [0.2, 0.25) is 5.13 Å². The Hall–Kier alpha value is -1.89. The number of likely N-dealkylation sites (tertiary alicyclic amines) is 1. The largest absolute Gasteiger partial charge is 0.472 e. The van der Waals surface area contributed by atoms with Crippen LogP contribution < -0.4 is 4.90 Å². The van der Waals surface area contributed by atoms with Gasteiger partial charge in [-0.2, -0.15) is 0 Å². The van der Waals surface area contributed by atoms with Crippen LogP contribution in [0.4, 0.5) is 5.13 Å². The van der Waals surface area contributed by atoms with Gasteiger partial charge in [-0.25, -0.2) is 0 Å². The molecule has 4 rings (SSSR count). The Bertz CT molecular complexity index is 598. The summed E-state index contributed by atoms with van der Waals surface area (Å²) in [4.78, 5) is 16.7. The number of anilines is 1. The number of hydrogen-bond donors (Lipinski definition) is 0. The highest BCUT2D eigenvalue weighted by Gasteiger charge is 2.45. The highest BCUT2D eigenvalue weighted by molar-refractivity contribution is 7.13. The van der Waals surface area contributed by atoms with Gasteiger partial charge < -0.3 is 14.2 Å². The number of hydrogen-bond acceptors (Lipinski definition) is 6. The van der Waals surface area contributed by atoms with E-state index in [2.05, 4.69) is 15.1 Å². The van der Waals surface area contributed by atoms with Gasteiger partial charge >= 0.3 is 0 Å². The first-order valence-corrected chi connectivity index (χ1v) is 7.58. The molecule has 0 unspecified atom stereocenters. The van der Waals surface area contributed by atoms with Crippen molar-refractivity contribution in [1.29, 1.82) is 0 Å². The van der Waals surface area contributed by atoms with Gasteiger partial charge in [0, 0.05) is 13.1 Å². The van der Waals surface area contributed by atoms with E-state index in [0.29, 0.717) is 11.6 Å². The second kappa shape index (κ2) is 4.59. The zero-order valence-corrected chi connectivity index (χ0v) is 11.6. The molecule has 7 heteroatoms. The van der Waals surface area contributed by atoms with E-state index >= 15 is 0 Å². The Labute approximate surface area is 120 Å². The van der Waals surface area contributed by atoms with Crippen LogP contribution in [0.25, 0.3) is 0 Å². The summed E-state index contributed by atoms with van der Waals surface area (Å²) in [6.07, 6.45) is 5.05. The molecule has 0 N–H and O–H groups in total. The summed E-state index contributed by atoms with van der Waals surface area (Å²) in [6, 6.07) is 2.38. The molecule has 2 aromatic rings. The molecular weight excluding hydrogens is 276 g/mol. The molecule has 104 valence electrons. The number of nitrogens with zero attached hydrogens (tertiary/aromatic N) is 4. The molecule has 0 aromatic carbocycles. The molecule has 2 aliphatic heterocycles. The number of aromatic nitrogens is 2. The van der Waals surface area contributed by atoms with Crippen LogP contribution in [0.5, 0.6) is 0 Å². The molecule has 2 atom stereocenters. The third kappa shape index (κ3) is 1.73. The van der Waals surface area contributed by atoms with Crippen molar-refractivity contribution in [2.24, 2.45) is 0 Å². The lowest BCUT2D eigenvalue weighted by Gasteiger charge is -2.24. The van der Waals surface area contributed by atoms with E-state index < -0.39 is 0 Å². The predicted molar refractivity (Wildman–Crippen MR) is 73.8 cm³/mol. The predicted octanol–water partition coefficient (Wildman–Crippen LogP) is 1.62. The fourth-order valence-electron chi connectivity index (χ4n) is 3.32. The summed E-state index contributed by atoms with van der Waals surface area (Å²) in [5.41, 5.74) is 2.39. The maximum atomic E-state index is 12.5. The van der Waals surface area contributed by atoms with Crippen molar-refractivity contribution in [3.63, 3.8) is 0 Å². The topological polar surface area (TPSA) is 62.5 Å². The fraction of sp³-hybridized carbons (Fsp3) is 0.462. The van der Waals surface area contributed by atoms with Crippen LogP contribution in [-0.2, 0) is 0 Å². The van der Waals surface area contributed by atoms with E-state index in [4.69, 9.17) is 4.42 Å². The van der Waals surface area contributed by atoms with Gasteiger partial charge in [0.25, 0.3) is 5.91 Å². The summed E-state index contributed by atoms with van der Waals surface area (Å²) >= 11 is 1.56. The molecule has 20 heavy (non-hydrogen) atoms. The van der Waals surface area contributed by atoms with Crippen LogP contribution in [0.3, 0.4) is 0 Å². The number of carbonyl (C=O) groups is 1. The molecule has 0 radical (unpaired) electrons. The van der Waals surface area contributed by atoms with E-state index in [1.54, 1.807) is 29.2 Å². The highest BCUT2D eigenvalue weighted by Crippen LogP contribution is 2.36. The van der Waals surface area contributed by atoms with Gasteiger partial charge in [-0.3, -0.25) is 4.79 Å². The van der Waals surface area contributed by atoms with Gasteiger partial charge in [-0.15, -0.1) is 10.2 Å². The lowest BCUT2D eigenvalue weighted by atomic mass is 10.1. The minimum absolute atomic E-state index is 0.0744. The van der Waals surface area contributed by atoms with Crippen LogP contribution in [0.15, 0.2) is 28.5 Å². The summed E-state index contributed by atoms with van der Waals surface area (Å²) in [5, 5.41) is 9.03. The molecule has 0 spiro atoms.